The van der Waals surface area contributed by atoms with Gasteiger partial charge in [0, 0.05) is 6.20 Å². The summed E-state index contributed by atoms with van der Waals surface area (Å²) in [5.41, 5.74) is 0.260. The molecule has 1 atom stereocenters. The van der Waals surface area contributed by atoms with Crippen LogP contribution in [0.2, 0.25) is 0 Å². The number of hydrogen-bond donors (Lipinski definition) is 1. The number of rotatable bonds is 4. The molecule has 2 rings (SSSR count). The molecule has 116 valence electrons. The zero-order chi connectivity index (χ0) is 16.2. The molecule has 2 aromatic rings. The Balaban J connectivity index is 2.01. The highest BCUT2D eigenvalue weighted by Gasteiger charge is 2.30. The lowest BCUT2D eigenvalue weighted by molar-refractivity contribution is -0.137. The van der Waals surface area contributed by atoms with Gasteiger partial charge >= 0.3 is 6.18 Å². The molecule has 0 spiro atoms. The van der Waals surface area contributed by atoms with Crippen LogP contribution in [0.4, 0.5) is 13.2 Å². The van der Waals surface area contributed by atoms with E-state index in [0.717, 1.165) is 12.1 Å². The van der Waals surface area contributed by atoms with Gasteiger partial charge in [-0.3, -0.25) is 9.78 Å². The monoisotopic (exact) mass is 308 g/mol. The molecule has 0 bridgehead atoms. The van der Waals surface area contributed by atoms with Crippen LogP contribution in [0, 0.1) is 0 Å². The minimum absolute atomic E-state index is 0.110. The molecule has 0 saturated carbocycles. The first kappa shape index (κ1) is 16.0. The van der Waals surface area contributed by atoms with E-state index in [1.54, 1.807) is 31.3 Å². The lowest BCUT2D eigenvalue weighted by Gasteiger charge is -2.14. The number of benzene rings is 1. The molecule has 0 saturated heterocycles. The Labute approximate surface area is 126 Å². The number of aromatic nitrogens is 1. The predicted octanol–water partition coefficient (Wildman–Crippen LogP) is 3.52. The molecule has 1 N–H and O–H groups in total. The van der Waals surface area contributed by atoms with Gasteiger partial charge in [-0.1, -0.05) is 24.3 Å². The van der Waals surface area contributed by atoms with Gasteiger partial charge in [0.15, 0.2) is 0 Å². The normalized spacial score (nSPS) is 12.7. The first-order chi connectivity index (χ1) is 10.4. The van der Waals surface area contributed by atoms with Crippen LogP contribution in [0.5, 0.6) is 0 Å². The predicted molar refractivity (Wildman–Crippen MR) is 75.9 cm³/mol. The fourth-order valence-electron chi connectivity index (χ4n) is 2.04. The third-order valence-electron chi connectivity index (χ3n) is 3.13. The third-order valence-corrected chi connectivity index (χ3v) is 3.13. The van der Waals surface area contributed by atoms with E-state index in [-0.39, 0.29) is 18.4 Å². The molecule has 0 aliphatic carbocycles. The number of nitrogens with one attached hydrogen (secondary N) is 1. The lowest BCUT2D eigenvalue weighted by Crippen LogP contribution is -2.28. The molecule has 1 aromatic carbocycles. The van der Waals surface area contributed by atoms with Gasteiger partial charge in [0.1, 0.15) is 0 Å². The Hall–Kier alpha value is -2.37. The molecule has 1 heterocycles. The van der Waals surface area contributed by atoms with E-state index in [1.807, 2.05) is 0 Å². The first-order valence-corrected chi connectivity index (χ1v) is 6.72. The van der Waals surface area contributed by atoms with Crippen LogP contribution < -0.4 is 5.32 Å². The van der Waals surface area contributed by atoms with Crippen molar-refractivity contribution in [1.29, 1.82) is 0 Å². The highest BCUT2D eigenvalue weighted by atomic mass is 19.4. The maximum absolute atomic E-state index is 12.6. The van der Waals surface area contributed by atoms with Crippen LogP contribution >= 0.6 is 0 Å². The Morgan fingerprint density at radius 3 is 2.64 bits per heavy atom. The number of alkyl halides is 3. The van der Waals surface area contributed by atoms with Crippen LogP contribution in [0.3, 0.4) is 0 Å². The molecular formula is C16H15F3N2O. The summed E-state index contributed by atoms with van der Waals surface area (Å²) < 4.78 is 37.9. The van der Waals surface area contributed by atoms with Crippen molar-refractivity contribution >= 4 is 5.91 Å². The molecule has 1 amide bonds. The summed E-state index contributed by atoms with van der Waals surface area (Å²) >= 11 is 0. The quantitative estimate of drug-likeness (QED) is 0.939. The molecule has 0 aliphatic rings. The van der Waals surface area contributed by atoms with Gasteiger partial charge in [-0.2, -0.15) is 13.2 Å². The zero-order valence-corrected chi connectivity index (χ0v) is 11.9. The highest BCUT2D eigenvalue weighted by Crippen LogP contribution is 2.29. The van der Waals surface area contributed by atoms with Gasteiger partial charge in [0.25, 0.3) is 0 Å². The number of hydrogen-bond acceptors (Lipinski definition) is 2. The summed E-state index contributed by atoms with van der Waals surface area (Å²) in [5, 5.41) is 2.72. The van der Waals surface area contributed by atoms with Gasteiger partial charge in [0.05, 0.1) is 23.7 Å². The van der Waals surface area contributed by atoms with E-state index in [4.69, 9.17) is 0 Å². The highest BCUT2D eigenvalue weighted by molar-refractivity contribution is 5.79. The molecule has 0 radical (unpaired) electrons. The van der Waals surface area contributed by atoms with Gasteiger partial charge in [-0.15, -0.1) is 0 Å². The molecule has 22 heavy (non-hydrogen) atoms. The maximum atomic E-state index is 12.6. The number of amides is 1. The molecule has 1 unspecified atom stereocenters. The molecule has 1 aromatic heterocycles. The van der Waals surface area contributed by atoms with Gasteiger partial charge in [-0.25, -0.2) is 0 Å². The topological polar surface area (TPSA) is 42.0 Å². The van der Waals surface area contributed by atoms with Crippen LogP contribution in [0.1, 0.15) is 29.8 Å². The van der Waals surface area contributed by atoms with Crippen LogP contribution in [-0.2, 0) is 17.4 Å². The Morgan fingerprint density at radius 1 is 1.23 bits per heavy atom. The number of halogens is 3. The third kappa shape index (κ3) is 4.31. The van der Waals surface area contributed by atoms with Crippen LogP contribution in [0.15, 0.2) is 48.7 Å². The standard InChI is InChI=1S/C16H15F3N2O/c1-11(14-7-2-3-8-20-14)21-15(22)10-12-5-4-6-13(9-12)16(17,18)19/h2-9,11H,10H2,1H3,(H,21,22). The summed E-state index contributed by atoms with van der Waals surface area (Å²) in [7, 11) is 0. The average Bonchev–Trinajstić information content (AvgIpc) is 2.47. The zero-order valence-electron chi connectivity index (χ0n) is 11.9. The summed E-state index contributed by atoms with van der Waals surface area (Å²) in [5.74, 6) is -0.350. The smallest absolute Gasteiger partial charge is 0.348 e. The second kappa shape index (κ2) is 6.60. The van der Waals surface area contributed by atoms with Crippen molar-refractivity contribution in [2.24, 2.45) is 0 Å². The van der Waals surface area contributed by atoms with Gasteiger partial charge in [-0.05, 0) is 30.7 Å². The van der Waals surface area contributed by atoms with Crippen molar-refractivity contribution in [2.45, 2.75) is 25.6 Å². The number of pyridine rings is 1. The van der Waals surface area contributed by atoms with Crippen molar-refractivity contribution in [3.63, 3.8) is 0 Å². The summed E-state index contributed by atoms with van der Waals surface area (Å²) in [6.07, 6.45) is -2.90. The van der Waals surface area contributed by atoms with Crippen molar-refractivity contribution in [3.05, 3.63) is 65.5 Å². The molecule has 0 aliphatic heterocycles. The summed E-state index contributed by atoms with van der Waals surface area (Å²) in [6.45, 7) is 1.77. The van der Waals surface area contributed by atoms with Crippen LogP contribution in [0.25, 0.3) is 0 Å². The minimum atomic E-state index is -4.41. The molecular weight excluding hydrogens is 293 g/mol. The SMILES string of the molecule is CC(NC(=O)Cc1cccc(C(F)(F)F)c1)c1ccccn1. The average molecular weight is 308 g/mol. The number of carbonyl (C=O) groups is 1. The Kier molecular flexibility index (Phi) is 4.80. The molecule has 6 heteroatoms. The van der Waals surface area contributed by atoms with E-state index in [1.165, 1.54) is 12.1 Å². The van der Waals surface area contributed by atoms with Crippen LogP contribution in [-0.4, -0.2) is 10.9 Å². The largest absolute Gasteiger partial charge is 0.416 e. The van der Waals surface area contributed by atoms with Crippen molar-refractivity contribution in [3.8, 4) is 0 Å². The second-order valence-electron chi connectivity index (χ2n) is 4.92. The maximum Gasteiger partial charge on any atom is 0.416 e. The fourth-order valence-corrected chi connectivity index (χ4v) is 2.04. The minimum Gasteiger partial charge on any atom is -0.348 e. The van der Waals surface area contributed by atoms with Crippen molar-refractivity contribution in [1.82, 2.24) is 10.3 Å². The van der Waals surface area contributed by atoms with Gasteiger partial charge in [0.2, 0.25) is 5.91 Å². The first-order valence-electron chi connectivity index (χ1n) is 6.72. The number of carbonyl (C=O) groups excluding carboxylic acids is 1. The second-order valence-corrected chi connectivity index (χ2v) is 4.92. The van der Waals surface area contributed by atoms with E-state index < -0.39 is 11.7 Å². The van der Waals surface area contributed by atoms with E-state index >= 15 is 0 Å². The van der Waals surface area contributed by atoms with Gasteiger partial charge < -0.3 is 5.32 Å². The van der Waals surface area contributed by atoms with Crippen molar-refractivity contribution in [2.75, 3.05) is 0 Å². The van der Waals surface area contributed by atoms with E-state index in [2.05, 4.69) is 10.3 Å². The van der Waals surface area contributed by atoms with Crippen molar-refractivity contribution < 1.29 is 18.0 Å². The lowest BCUT2D eigenvalue weighted by atomic mass is 10.1. The van der Waals surface area contributed by atoms with E-state index in [9.17, 15) is 18.0 Å². The fraction of sp³-hybridized carbons (Fsp3) is 0.250. The Morgan fingerprint density at radius 2 is 2.00 bits per heavy atom. The summed E-state index contributed by atoms with van der Waals surface area (Å²) in [6, 6.07) is 9.81. The van der Waals surface area contributed by atoms with E-state index in [0.29, 0.717) is 11.3 Å². The Bertz CT molecular complexity index is 641. The number of nitrogens with zero attached hydrogens (tertiary/aromatic N) is 1. The molecule has 3 nitrogen and oxygen atoms in total. The summed E-state index contributed by atoms with van der Waals surface area (Å²) in [4.78, 5) is 16.1. The molecule has 0 fully saturated rings.